The van der Waals surface area contributed by atoms with Gasteiger partial charge in [-0.2, -0.15) is 0 Å². The number of carbonyl (C=O) groups is 3. The lowest BCUT2D eigenvalue weighted by atomic mass is 10.0. The molecule has 0 saturated carbocycles. The van der Waals surface area contributed by atoms with E-state index in [4.69, 9.17) is 5.73 Å². The number of benzene rings is 1. The Morgan fingerprint density at radius 3 is 2.26 bits per heavy atom. The number of carbonyl (C=O) groups excluding carboxylic acids is 3. The molecule has 150 valence electrons. The monoisotopic (exact) mass is 375 g/mol. The summed E-state index contributed by atoms with van der Waals surface area (Å²) in [6, 6.07) is 9.08. The minimum Gasteiger partial charge on any atom is -0.352 e. The van der Waals surface area contributed by atoms with Gasteiger partial charge in [0.15, 0.2) is 5.78 Å². The smallest absolute Gasteiger partial charge is 0.220 e. The van der Waals surface area contributed by atoms with Crippen LogP contribution in [0, 0.1) is 0 Å². The Labute approximate surface area is 162 Å². The molecule has 4 N–H and O–H groups in total. The second kappa shape index (κ2) is 11.5. The van der Waals surface area contributed by atoms with Gasteiger partial charge in [0.2, 0.25) is 11.8 Å². The Bertz CT molecular complexity index is 609. The van der Waals surface area contributed by atoms with Crippen molar-refractivity contribution in [3.05, 3.63) is 35.9 Å². The van der Waals surface area contributed by atoms with E-state index in [1.807, 2.05) is 51.1 Å². The quantitative estimate of drug-likeness (QED) is 0.551. The van der Waals surface area contributed by atoms with Crippen LogP contribution in [0.1, 0.15) is 58.4 Å². The SMILES string of the molecule is CC(C)(C)NC(=O)CC[C@H](NC(=O)CCc1ccccc1)C(=O)CCCN. The number of aryl methyl sites for hydroxylation is 1. The summed E-state index contributed by atoms with van der Waals surface area (Å²) in [7, 11) is 0. The molecule has 0 aliphatic heterocycles. The number of hydrogen-bond donors (Lipinski definition) is 3. The summed E-state index contributed by atoms with van der Waals surface area (Å²) in [4.78, 5) is 36.7. The van der Waals surface area contributed by atoms with E-state index in [1.165, 1.54) is 0 Å². The molecular weight excluding hydrogens is 342 g/mol. The Morgan fingerprint density at radius 2 is 1.67 bits per heavy atom. The fourth-order valence-electron chi connectivity index (χ4n) is 2.69. The molecule has 0 heterocycles. The molecule has 0 fully saturated rings. The van der Waals surface area contributed by atoms with E-state index in [9.17, 15) is 14.4 Å². The molecule has 0 spiro atoms. The van der Waals surface area contributed by atoms with Crippen LogP contribution in [-0.2, 0) is 20.8 Å². The normalized spacial score (nSPS) is 12.3. The van der Waals surface area contributed by atoms with E-state index >= 15 is 0 Å². The zero-order valence-corrected chi connectivity index (χ0v) is 16.7. The highest BCUT2D eigenvalue weighted by Crippen LogP contribution is 2.08. The van der Waals surface area contributed by atoms with Gasteiger partial charge >= 0.3 is 0 Å². The Morgan fingerprint density at radius 1 is 1.00 bits per heavy atom. The van der Waals surface area contributed by atoms with Crippen molar-refractivity contribution in [1.82, 2.24) is 10.6 Å². The van der Waals surface area contributed by atoms with Gasteiger partial charge in [-0.05, 0) is 52.1 Å². The Kier molecular flexibility index (Phi) is 9.72. The summed E-state index contributed by atoms with van der Waals surface area (Å²) in [6.45, 7) is 6.13. The van der Waals surface area contributed by atoms with Gasteiger partial charge in [0, 0.05) is 24.8 Å². The molecule has 0 radical (unpaired) electrons. The first-order chi connectivity index (χ1) is 12.7. The number of nitrogens with two attached hydrogens (primary N) is 1. The maximum Gasteiger partial charge on any atom is 0.220 e. The number of amides is 2. The molecular formula is C21H33N3O3. The predicted octanol–water partition coefficient (Wildman–Crippen LogP) is 2.11. The van der Waals surface area contributed by atoms with Crippen molar-refractivity contribution in [2.45, 2.75) is 70.9 Å². The Hall–Kier alpha value is -2.21. The molecule has 1 atom stereocenters. The van der Waals surface area contributed by atoms with E-state index in [2.05, 4.69) is 10.6 Å². The predicted molar refractivity (Wildman–Crippen MR) is 107 cm³/mol. The third-order valence-corrected chi connectivity index (χ3v) is 4.01. The van der Waals surface area contributed by atoms with Crippen molar-refractivity contribution in [2.75, 3.05) is 6.54 Å². The van der Waals surface area contributed by atoms with E-state index in [1.54, 1.807) is 0 Å². The first-order valence-electron chi connectivity index (χ1n) is 9.58. The van der Waals surface area contributed by atoms with Crippen LogP contribution < -0.4 is 16.4 Å². The molecule has 1 rings (SSSR count). The maximum absolute atomic E-state index is 12.4. The van der Waals surface area contributed by atoms with E-state index in [-0.39, 0.29) is 29.6 Å². The van der Waals surface area contributed by atoms with Gasteiger partial charge < -0.3 is 16.4 Å². The molecule has 0 aromatic heterocycles. The molecule has 0 aliphatic carbocycles. The van der Waals surface area contributed by atoms with Crippen molar-refractivity contribution in [1.29, 1.82) is 0 Å². The minimum absolute atomic E-state index is 0.0722. The van der Waals surface area contributed by atoms with Gasteiger partial charge in [-0.25, -0.2) is 0 Å². The third kappa shape index (κ3) is 10.5. The summed E-state index contributed by atoms with van der Waals surface area (Å²) in [6.07, 6.45) is 2.28. The second-order valence-electron chi connectivity index (χ2n) is 7.80. The topological polar surface area (TPSA) is 101 Å². The fourth-order valence-corrected chi connectivity index (χ4v) is 2.69. The Balaban J connectivity index is 2.58. The molecule has 2 amide bonds. The first kappa shape index (κ1) is 22.8. The highest BCUT2D eigenvalue weighted by atomic mass is 16.2. The maximum atomic E-state index is 12.4. The minimum atomic E-state index is -0.648. The van der Waals surface area contributed by atoms with Crippen molar-refractivity contribution < 1.29 is 14.4 Å². The van der Waals surface area contributed by atoms with Gasteiger partial charge in [0.05, 0.1) is 6.04 Å². The highest BCUT2D eigenvalue weighted by Gasteiger charge is 2.22. The average molecular weight is 376 g/mol. The van der Waals surface area contributed by atoms with Crippen molar-refractivity contribution in [3.8, 4) is 0 Å². The summed E-state index contributed by atoms with van der Waals surface area (Å²) in [5, 5.41) is 5.68. The first-order valence-corrected chi connectivity index (χ1v) is 9.58. The second-order valence-corrected chi connectivity index (χ2v) is 7.80. The fraction of sp³-hybridized carbons (Fsp3) is 0.571. The molecule has 0 unspecified atom stereocenters. The zero-order valence-electron chi connectivity index (χ0n) is 16.7. The molecule has 0 saturated heterocycles. The summed E-state index contributed by atoms with van der Waals surface area (Å²) in [5.74, 6) is -0.379. The average Bonchev–Trinajstić information content (AvgIpc) is 2.60. The summed E-state index contributed by atoms with van der Waals surface area (Å²) < 4.78 is 0. The highest BCUT2D eigenvalue weighted by molar-refractivity contribution is 5.89. The summed E-state index contributed by atoms with van der Waals surface area (Å²) >= 11 is 0. The standard InChI is InChI=1S/C21H33N3O3/c1-21(2,3)24-20(27)14-12-17(18(25)10-7-15-22)23-19(26)13-11-16-8-5-4-6-9-16/h4-6,8-9,17H,7,10-15,22H2,1-3H3,(H,23,26)(H,24,27)/t17-/m0/s1. The van der Waals surface area contributed by atoms with Crippen LogP contribution in [0.4, 0.5) is 0 Å². The van der Waals surface area contributed by atoms with Crippen molar-refractivity contribution >= 4 is 17.6 Å². The molecule has 1 aromatic carbocycles. The number of ketones is 1. The van der Waals surface area contributed by atoms with Crippen LogP contribution in [0.2, 0.25) is 0 Å². The van der Waals surface area contributed by atoms with Crippen molar-refractivity contribution in [2.24, 2.45) is 5.73 Å². The van der Waals surface area contributed by atoms with Crippen LogP contribution >= 0.6 is 0 Å². The van der Waals surface area contributed by atoms with E-state index in [0.29, 0.717) is 38.6 Å². The molecule has 0 aliphatic rings. The molecule has 0 bridgehead atoms. The lowest BCUT2D eigenvalue weighted by molar-refractivity contribution is -0.129. The van der Waals surface area contributed by atoms with Crippen molar-refractivity contribution in [3.63, 3.8) is 0 Å². The third-order valence-electron chi connectivity index (χ3n) is 4.01. The van der Waals surface area contributed by atoms with Crippen LogP contribution in [0.5, 0.6) is 0 Å². The lowest BCUT2D eigenvalue weighted by Gasteiger charge is -2.22. The zero-order chi connectivity index (χ0) is 20.3. The molecule has 27 heavy (non-hydrogen) atoms. The van der Waals surface area contributed by atoms with Gasteiger partial charge in [0.1, 0.15) is 0 Å². The van der Waals surface area contributed by atoms with Gasteiger partial charge in [0.25, 0.3) is 0 Å². The van der Waals surface area contributed by atoms with E-state index in [0.717, 1.165) is 5.56 Å². The summed E-state index contributed by atoms with van der Waals surface area (Å²) in [5.41, 5.74) is 6.23. The number of rotatable bonds is 11. The molecule has 1 aromatic rings. The van der Waals surface area contributed by atoms with Crippen LogP contribution in [-0.4, -0.2) is 35.7 Å². The number of Topliss-reactive ketones (excluding diaryl/α,β-unsaturated/α-hetero) is 1. The number of hydrogen-bond acceptors (Lipinski definition) is 4. The van der Waals surface area contributed by atoms with Gasteiger partial charge in [-0.1, -0.05) is 30.3 Å². The van der Waals surface area contributed by atoms with E-state index < -0.39 is 6.04 Å². The molecule has 6 nitrogen and oxygen atoms in total. The van der Waals surface area contributed by atoms with Crippen LogP contribution in [0.3, 0.4) is 0 Å². The van der Waals surface area contributed by atoms with Gasteiger partial charge in [-0.15, -0.1) is 0 Å². The largest absolute Gasteiger partial charge is 0.352 e. The molecule has 6 heteroatoms. The number of nitrogens with one attached hydrogen (secondary N) is 2. The van der Waals surface area contributed by atoms with Gasteiger partial charge in [-0.3, -0.25) is 14.4 Å². The lowest BCUT2D eigenvalue weighted by Crippen LogP contribution is -2.44. The van der Waals surface area contributed by atoms with Crippen LogP contribution in [0.25, 0.3) is 0 Å². The van der Waals surface area contributed by atoms with Crippen LogP contribution in [0.15, 0.2) is 30.3 Å².